The molecule has 20 heavy (non-hydrogen) atoms. The van der Waals surface area contributed by atoms with Crippen molar-refractivity contribution in [2.75, 3.05) is 6.54 Å². The number of carbonyl (C=O) groups is 1. The average molecular weight is 285 g/mol. The van der Waals surface area contributed by atoms with Crippen LogP contribution in [-0.2, 0) is 4.79 Å². The first kappa shape index (κ1) is 18.7. The molecular formula is C15H31N3O2. The molecule has 0 atom stereocenters. The molecule has 3 N–H and O–H groups in total. The lowest BCUT2D eigenvalue weighted by Crippen LogP contribution is -2.53. The Morgan fingerprint density at radius 2 is 1.70 bits per heavy atom. The lowest BCUT2D eigenvalue weighted by Gasteiger charge is -2.38. The number of nitrogens with zero attached hydrogens (tertiary/aromatic N) is 2. The fraction of sp³-hybridized carbons (Fsp3) is 0.867. The van der Waals surface area contributed by atoms with Crippen LogP contribution in [0.3, 0.4) is 0 Å². The molecule has 0 aromatic rings. The van der Waals surface area contributed by atoms with Crippen molar-refractivity contribution in [3.05, 3.63) is 0 Å². The Labute approximate surface area is 123 Å². The summed E-state index contributed by atoms with van der Waals surface area (Å²) in [6.07, 6.45) is 3.76. The summed E-state index contributed by atoms with van der Waals surface area (Å²) in [5, 5.41) is 12.3. The van der Waals surface area contributed by atoms with Gasteiger partial charge in [0.2, 0.25) is 5.91 Å². The van der Waals surface area contributed by atoms with E-state index >= 15 is 0 Å². The first-order chi connectivity index (χ1) is 9.41. The molecule has 0 saturated heterocycles. The Morgan fingerprint density at radius 3 is 2.00 bits per heavy atom. The van der Waals surface area contributed by atoms with Crippen molar-refractivity contribution in [2.24, 2.45) is 16.3 Å². The summed E-state index contributed by atoms with van der Waals surface area (Å²) in [7, 11) is 0. The molecule has 0 saturated carbocycles. The Morgan fingerprint density at radius 1 is 1.20 bits per heavy atom. The maximum absolute atomic E-state index is 13.0. The monoisotopic (exact) mass is 285 g/mol. The number of amidine groups is 1. The van der Waals surface area contributed by atoms with E-state index < -0.39 is 5.41 Å². The van der Waals surface area contributed by atoms with Crippen molar-refractivity contribution in [2.45, 2.75) is 72.8 Å². The van der Waals surface area contributed by atoms with Crippen LogP contribution in [0.5, 0.6) is 0 Å². The van der Waals surface area contributed by atoms with Gasteiger partial charge >= 0.3 is 0 Å². The molecule has 5 nitrogen and oxygen atoms in total. The van der Waals surface area contributed by atoms with Crippen LogP contribution in [0.25, 0.3) is 0 Å². The molecule has 118 valence electrons. The van der Waals surface area contributed by atoms with Crippen molar-refractivity contribution in [1.82, 2.24) is 4.90 Å². The van der Waals surface area contributed by atoms with Crippen LogP contribution in [-0.4, -0.2) is 34.4 Å². The minimum absolute atomic E-state index is 0.00616. The summed E-state index contributed by atoms with van der Waals surface area (Å²) < 4.78 is 0. The van der Waals surface area contributed by atoms with Gasteiger partial charge in [-0.15, -0.1) is 0 Å². The summed E-state index contributed by atoms with van der Waals surface area (Å²) in [6, 6.07) is 0.113. The second-order valence-corrected chi connectivity index (χ2v) is 5.66. The van der Waals surface area contributed by atoms with Gasteiger partial charge in [0, 0.05) is 12.6 Å². The lowest BCUT2D eigenvalue weighted by molar-refractivity contribution is -0.141. The number of rotatable bonds is 9. The van der Waals surface area contributed by atoms with Crippen LogP contribution in [0.1, 0.15) is 66.7 Å². The zero-order valence-electron chi connectivity index (χ0n) is 13.6. The molecule has 0 rings (SSSR count). The van der Waals surface area contributed by atoms with Gasteiger partial charge in [0.15, 0.2) is 5.84 Å². The first-order valence-electron chi connectivity index (χ1n) is 7.70. The molecule has 0 aliphatic carbocycles. The number of carbonyl (C=O) groups excluding carboxylic acids is 1. The number of hydrogen-bond donors (Lipinski definition) is 2. The van der Waals surface area contributed by atoms with Gasteiger partial charge in [0.25, 0.3) is 0 Å². The van der Waals surface area contributed by atoms with E-state index in [-0.39, 0.29) is 17.8 Å². The van der Waals surface area contributed by atoms with Gasteiger partial charge in [0.1, 0.15) is 5.41 Å². The van der Waals surface area contributed by atoms with Crippen LogP contribution >= 0.6 is 0 Å². The Balaban J connectivity index is 5.63. The van der Waals surface area contributed by atoms with Crippen LogP contribution in [0.15, 0.2) is 5.16 Å². The van der Waals surface area contributed by atoms with Crippen LogP contribution in [0, 0.1) is 5.41 Å². The smallest absolute Gasteiger partial charge is 0.236 e. The normalized spacial score (nSPS) is 12.8. The summed E-state index contributed by atoms with van der Waals surface area (Å²) in [5.74, 6) is 0.0429. The Hall–Kier alpha value is -1.26. The highest BCUT2D eigenvalue weighted by Gasteiger charge is 2.44. The van der Waals surface area contributed by atoms with Gasteiger partial charge < -0.3 is 15.8 Å². The molecule has 0 aromatic carbocycles. The predicted molar refractivity (Wildman–Crippen MR) is 82.8 cm³/mol. The molecule has 0 fully saturated rings. The summed E-state index contributed by atoms with van der Waals surface area (Å²) >= 11 is 0. The zero-order chi connectivity index (χ0) is 15.8. The van der Waals surface area contributed by atoms with Crippen LogP contribution < -0.4 is 5.73 Å². The van der Waals surface area contributed by atoms with E-state index in [1.165, 1.54) is 0 Å². The molecule has 0 heterocycles. The molecule has 5 heteroatoms. The lowest BCUT2D eigenvalue weighted by atomic mass is 9.76. The SMILES string of the molecule is CCCN(C(=O)C(CCC)(CCC)C(N)=NO)C(C)C. The van der Waals surface area contributed by atoms with Crippen molar-refractivity contribution in [1.29, 1.82) is 0 Å². The van der Waals surface area contributed by atoms with E-state index in [9.17, 15) is 4.79 Å². The highest BCUT2D eigenvalue weighted by Crippen LogP contribution is 2.33. The second kappa shape index (κ2) is 8.82. The predicted octanol–water partition coefficient (Wildman–Crippen LogP) is 2.97. The third-order valence-corrected chi connectivity index (χ3v) is 3.71. The largest absolute Gasteiger partial charge is 0.409 e. The molecule has 0 unspecified atom stereocenters. The van der Waals surface area contributed by atoms with Crippen LogP contribution in [0.2, 0.25) is 0 Å². The third kappa shape index (κ3) is 4.12. The van der Waals surface area contributed by atoms with E-state index in [4.69, 9.17) is 10.9 Å². The van der Waals surface area contributed by atoms with Gasteiger partial charge in [-0.1, -0.05) is 38.8 Å². The summed E-state index contributed by atoms with van der Waals surface area (Å²) in [5.41, 5.74) is 5.05. The number of hydrogen-bond acceptors (Lipinski definition) is 3. The van der Waals surface area contributed by atoms with Crippen molar-refractivity contribution >= 4 is 11.7 Å². The molecule has 0 bridgehead atoms. The summed E-state index contributed by atoms with van der Waals surface area (Å²) in [6.45, 7) is 10.8. The van der Waals surface area contributed by atoms with Crippen molar-refractivity contribution in [3.63, 3.8) is 0 Å². The van der Waals surface area contributed by atoms with E-state index in [0.29, 0.717) is 19.4 Å². The van der Waals surface area contributed by atoms with Crippen LogP contribution in [0.4, 0.5) is 0 Å². The summed E-state index contributed by atoms with van der Waals surface area (Å²) in [4.78, 5) is 14.9. The van der Waals surface area contributed by atoms with E-state index in [1.54, 1.807) is 0 Å². The van der Waals surface area contributed by atoms with Gasteiger partial charge in [0.05, 0.1) is 0 Å². The highest BCUT2D eigenvalue weighted by molar-refractivity contribution is 6.06. The minimum atomic E-state index is -0.863. The van der Waals surface area contributed by atoms with E-state index in [2.05, 4.69) is 5.16 Å². The minimum Gasteiger partial charge on any atom is -0.409 e. The van der Waals surface area contributed by atoms with Gasteiger partial charge in [-0.05, 0) is 33.1 Å². The molecular weight excluding hydrogens is 254 g/mol. The Kier molecular flexibility index (Phi) is 8.26. The molecule has 0 aromatic heterocycles. The zero-order valence-corrected chi connectivity index (χ0v) is 13.6. The molecule has 0 aliphatic rings. The fourth-order valence-electron chi connectivity index (χ4n) is 2.76. The number of amides is 1. The second-order valence-electron chi connectivity index (χ2n) is 5.66. The third-order valence-electron chi connectivity index (χ3n) is 3.71. The topological polar surface area (TPSA) is 78.9 Å². The maximum Gasteiger partial charge on any atom is 0.236 e. The van der Waals surface area contributed by atoms with Gasteiger partial charge in [-0.25, -0.2) is 0 Å². The molecule has 0 aliphatic heterocycles. The van der Waals surface area contributed by atoms with Crippen molar-refractivity contribution in [3.8, 4) is 0 Å². The quantitative estimate of drug-likeness (QED) is 0.296. The molecule has 1 amide bonds. The molecule has 0 spiro atoms. The highest BCUT2D eigenvalue weighted by atomic mass is 16.4. The maximum atomic E-state index is 13.0. The van der Waals surface area contributed by atoms with Gasteiger partial charge in [-0.3, -0.25) is 4.79 Å². The molecule has 0 radical (unpaired) electrons. The van der Waals surface area contributed by atoms with Gasteiger partial charge in [-0.2, -0.15) is 0 Å². The van der Waals surface area contributed by atoms with Crippen molar-refractivity contribution < 1.29 is 10.0 Å². The van der Waals surface area contributed by atoms with E-state index in [1.807, 2.05) is 39.5 Å². The first-order valence-corrected chi connectivity index (χ1v) is 7.70. The average Bonchev–Trinajstić information content (AvgIpc) is 2.42. The number of nitrogens with two attached hydrogens (primary N) is 1. The fourth-order valence-corrected chi connectivity index (χ4v) is 2.76. The van der Waals surface area contributed by atoms with E-state index in [0.717, 1.165) is 19.3 Å². The Bertz CT molecular complexity index is 321. The standard InChI is InChI=1S/C15H31N3O2/c1-6-9-15(10-7-2,13(16)17-20)14(19)18(11-8-3)12(4)5/h12,20H,6-11H2,1-5H3,(H2,16,17). The number of oxime groups is 1.